The van der Waals surface area contributed by atoms with Gasteiger partial charge in [0.05, 0.1) is 11.2 Å². The van der Waals surface area contributed by atoms with Gasteiger partial charge in [0.15, 0.2) is 5.82 Å². The van der Waals surface area contributed by atoms with Crippen molar-refractivity contribution in [1.82, 2.24) is 10.2 Å². The van der Waals surface area contributed by atoms with Gasteiger partial charge in [-0.1, -0.05) is 0 Å². The molecule has 0 aliphatic carbocycles. The average Bonchev–Trinajstić information content (AvgIpc) is 2.62. The van der Waals surface area contributed by atoms with Crippen LogP contribution in [-0.4, -0.2) is 23.0 Å². The molecule has 5 N–H and O–H groups in total. The summed E-state index contributed by atoms with van der Waals surface area (Å²) in [6, 6.07) is 3.27. The number of aromatic amines is 1. The van der Waals surface area contributed by atoms with Crippen LogP contribution in [0.5, 0.6) is 0 Å². The summed E-state index contributed by atoms with van der Waals surface area (Å²) in [6.45, 7) is 0. The van der Waals surface area contributed by atoms with Gasteiger partial charge < -0.3 is 16.4 Å². The Kier molecular flexibility index (Phi) is 2.42. The van der Waals surface area contributed by atoms with E-state index in [1.807, 2.05) is 0 Å². The summed E-state index contributed by atoms with van der Waals surface area (Å²) in [5.41, 5.74) is 7.27. The lowest BCUT2D eigenvalue weighted by atomic mass is 10.2. The number of anilines is 3. The Labute approximate surface area is 90.0 Å². The van der Waals surface area contributed by atoms with E-state index in [1.54, 1.807) is 12.1 Å². The predicted octanol–water partition coefficient (Wildman–Crippen LogP) is 0.282. The molecule has 0 fully saturated rings. The number of fused-ring (bicyclic) bond motifs is 1. The normalized spacial score (nSPS) is 10.0. The standard InChI is InChI=1S/C9H9N5O2/c10-9-6-1-5(11-3-15)2-7(12-4-16)8(6)13-14-9/h1-4H,(H,11,15)(H,12,16)(H3,10,13,14). The van der Waals surface area contributed by atoms with Crippen LogP contribution in [0.15, 0.2) is 12.1 Å². The molecular formula is C9H9N5O2. The second kappa shape index (κ2) is 3.89. The van der Waals surface area contributed by atoms with Gasteiger partial charge in [0, 0.05) is 11.1 Å². The van der Waals surface area contributed by atoms with Gasteiger partial charge in [-0.2, -0.15) is 5.10 Å². The van der Waals surface area contributed by atoms with E-state index in [2.05, 4.69) is 20.8 Å². The van der Waals surface area contributed by atoms with Gasteiger partial charge in [-0.3, -0.25) is 14.7 Å². The van der Waals surface area contributed by atoms with Gasteiger partial charge in [0.2, 0.25) is 12.8 Å². The first kappa shape index (κ1) is 9.97. The highest BCUT2D eigenvalue weighted by Gasteiger charge is 2.08. The van der Waals surface area contributed by atoms with E-state index in [0.29, 0.717) is 40.9 Å². The zero-order valence-electron chi connectivity index (χ0n) is 8.15. The molecule has 0 atom stereocenters. The molecule has 0 bridgehead atoms. The monoisotopic (exact) mass is 219 g/mol. The van der Waals surface area contributed by atoms with E-state index in [4.69, 9.17) is 5.73 Å². The fraction of sp³-hybridized carbons (Fsp3) is 0. The second-order valence-electron chi connectivity index (χ2n) is 3.08. The van der Waals surface area contributed by atoms with Gasteiger partial charge in [0.1, 0.15) is 0 Å². The quantitative estimate of drug-likeness (QED) is 0.553. The Hall–Kier alpha value is -2.57. The summed E-state index contributed by atoms with van der Waals surface area (Å²) < 4.78 is 0. The predicted molar refractivity (Wildman–Crippen MR) is 59.9 cm³/mol. The van der Waals surface area contributed by atoms with E-state index in [-0.39, 0.29) is 0 Å². The highest BCUT2D eigenvalue weighted by atomic mass is 16.1. The lowest BCUT2D eigenvalue weighted by Crippen LogP contribution is -1.98. The molecule has 1 aromatic heterocycles. The summed E-state index contributed by atoms with van der Waals surface area (Å²) in [4.78, 5) is 20.8. The Bertz CT molecular complexity index is 548. The highest BCUT2D eigenvalue weighted by molar-refractivity contribution is 6.02. The van der Waals surface area contributed by atoms with E-state index >= 15 is 0 Å². The number of nitrogens with one attached hydrogen (secondary N) is 3. The third-order valence-corrected chi connectivity index (χ3v) is 2.14. The number of nitrogens with two attached hydrogens (primary N) is 1. The summed E-state index contributed by atoms with van der Waals surface area (Å²) >= 11 is 0. The van der Waals surface area contributed by atoms with Crippen LogP contribution in [0.4, 0.5) is 17.2 Å². The molecule has 0 saturated heterocycles. The third kappa shape index (κ3) is 1.54. The molecule has 0 unspecified atom stereocenters. The molecule has 0 aliphatic heterocycles. The number of rotatable bonds is 4. The van der Waals surface area contributed by atoms with E-state index in [0.717, 1.165) is 0 Å². The molecule has 0 aliphatic rings. The minimum atomic E-state index is 0.304. The van der Waals surface area contributed by atoms with Crippen LogP contribution < -0.4 is 16.4 Å². The van der Waals surface area contributed by atoms with E-state index in [1.165, 1.54) is 0 Å². The molecule has 7 heteroatoms. The number of nitrogens with zero attached hydrogens (tertiary/aromatic N) is 1. The molecule has 0 radical (unpaired) electrons. The topological polar surface area (TPSA) is 113 Å². The smallest absolute Gasteiger partial charge is 0.211 e. The number of H-pyrrole nitrogens is 1. The molecule has 82 valence electrons. The van der Waals surface area contributed by atoms with Gasteiger partial charge in [-0.15, -0.1) is 0 Å². The number of hydrogen-bond donors (Lipinski definition) is 4. The Morgan fingerprint density at radius 2 is 2.00 bits per heavy atom. The fourth-order valence-electron chi connectivity index (χ4n) is 1.47. The minimum absolute atomic E-state index is 0.304. The van der Waals surface area contributed by atoms with Gasteiger partial charge in [-0.25, -0.2) is 0 Å². The molecule has 0 spiro atoms. The zero-order valence-corrected chi connectivity index (χ0v) is 8.15. The fourth-order valence-corrected chi connectivity index (χ4v) is 1.47. The molecule has 2 amide bonds. The molecular weight excluding hydrogens is 210 g/mol. The number of carbonyl (C=O) groups is 2. The van der Waals surface area contributed by atoms with Gasteiger partial charge in [-0.05, 0) is 12.1 Å². The van der Waals surface area contributed by atoms with Gasteiger partial charge >= 0.3 is 0 Å². The molecule has 7 nitrogen and oxygen atoms in total. The van der Waals surface area contributed by atoms with Crippen LogP contribution in [0, 0.1) is 0 Å². The number of carbonyl (C=O) groups excluding carboxylic acids is 2. The molecule has 1 heterocycles. The molecule has 0 saturated carbocycles. The van der Waals surface area contributed by atoms with Crippen LogP contribution in [0.3, 0.4) is 0 Å². The maximum absolute atomic E-state index is 10.4. The van der Waals surface area contributed by atoms with Crippen LogP contribution in [0.25, 0.3) is 10.9 Å². The van der Waals surface area contributed by atoms with Crippen LogP contribution >= 0.6 is 0 Å². The first-order valence-electron chi connectivity index (χ1n) is 4.44. The summed E-state index contributed by atoms with van der Waals surface area (Å²) in [6.07, 6.45) is 1.08. The summed E-state index contributed by atoms with van der Waals surface area (Å²) in [5.74, 6) is 0.304. The summed E-state index contributed by atoms with van der Waals surface area (Å²) in [5, 5.41) is 12.1. The number of amides is 2. The van der Waals surface area contributed by atoms with Crippen molar-refractivity contribution >= 4 is 40.9 Å². The van der Waals surface area contributed by atoms with Crippen LogP contribution in [-0.2, 0) is 9.59 Å². The number of aromatic nitrogens is 2. The Morgan fingerprint density at radius 1 is 1.25 bits per heavy atom. The molecule has 16 heavy (non-hydrogen) atoms. The number of benzene rings is 1. The van der Waals surface area contributed by atoms with Crippen LogP contribution in [0.1, 0.15) is 0 Å². The molecule has 2 rings (SSSR count). The van der Waals surface area contributed by atoms with Crippen molar-refractivity contribution in [2.24, 2.45) is 0 Å². The highest BCUT2D eigenvalue weighted by Crippen LogP contribution is 2.29. The van der Waals surface area contributed by atoms with Gasteiger partial charge in [0.25, 0.3) is 0 Å². The number of hydrogen-bond acceptors (Lipinski definition) is 4. The van der Waals surface area contributed by atoms with Crippen LogP contribution in [0.2, 0.25) is 0 Å². The molecule has 1 aromatic carbocycles. The van der Waals surface area contributed by atoms with Crippen molar-refractivity contribution in [3.05, 3.63) is 12.1 Å². The van der Waals surface area contributed by atoms with E-state index < -0.39 is 0 Å². The lowest BCUT2D eigenvalue weighted by Gasteiger charge is -2.04. The maximum atomic E-state index is 10.4. The Balaban J connectivity index is 2.64. The Morgan fingerprint density at radius 3 is 2.69 bits per heavy atom. The molecule has 2 aromatic rings. The van der Waals surface area contributed by atoms with Crippen molar-refractivity contribution in [2.75, 3.05) is 16.4 Å². The first-order valence-corrected chi connectivity index (χ1v) is 4.44. The maximum Gasteiger partial charge on any atom is 0.211 e. The second-order valence-corrected chi connectivity index (χ2v) is 3.08. The third-order valence-electron chi connectivity index (χ3n) is 2.14. The SMILES string of the molecule is Nc1n[nH]c2c(NC=O)cc(NC=O)cc12. The minimum Gasteiger partial charge on any atom is -0.382 e. The largest absolute Gasteiger partial charge is 0.382 e. The summed E-state index contributed by atoms with van der Waals surface area (Å²) in [7, 11) is 0. The average molecular weight is 219 g/mol. The first-order chi connectivity index (χ1) is 7.76. The number of nitrogen functional groups attached to an aromatic ring is 1. The van der Waals surface area contributed by atoms with E-state index in [9.17, 15) is 9.59 Å². The van der Waals surface area contributed by atoms with Crippen molar-refractivity contribution in [3.8, 4) is 0 Å². The lowest BCUT2D eigenvalue weighted by molar-refractivity contribution is -0.106. The van der Waals surface area contributed by atoms with Crippen molar-refractivity contribution < 1.29 is 9.59 Å². The zero-order chi connectivity index (χ0) is 11.5. The van der Waals surface area contributed by atoms with Crippen molar-refractivity contribution in [2.45, 2.75) is 0 Å². The van der Waals surface area contributed by atoms with Crippen molar-refractivity contribution in [3.63, 3.8) is 0 Å². The van der Waals surface area contributed by atoms with Crippen molar-refractivity contribution in [1.29, 1.82) is 0 Å².